The fourth-order valence-electron chi connectivity index (χ4n) is 1.60. The number of pyridine rings is 1. The van der Waals surface area contributed by atoms with Gasteiger partial charge in [0.15, 0.2) is 5.82 Å². The molecule has 0 aliphatic rings. The predicted octanol–water partition coefficient (Wildman–Crippen LogP) is 1.26. The van der Waals surface area contributed by atoms with Crippen molar-refractivity contribution in [3.63, 3.8) is 0 Å². The van der Waals surface area contributed by atoms with Crippen molar-refractivity contribution in [2.75, 3.05) is 5.32 Å². The molecule has 2 rings (SSSR count). The first-order valence-electron chi connectivity index (χ1n) is 5.52. The highest BCUT2D eigenvalue weighted by Crippen LogP contribution is 2.22. The minimum absolute atomic E-state index is 0.366. The van der Waals surface area contributed by atoms with Gasteiger partial charge in [-0.2, -0.15) is 0 Å². The van der Waals surface area contributed by atoms with Crippen LogP contribution in [-0.4, -0.2) is 19.3 Å². The number of carbonyl (C=O) groups excluding carboxylic acids is 1. The van der Waals surface area contributed by atoms with Gasteiger partial charge in [0.1, 0.15) is 10.7 Å². The molecule has 110 valence electrons. The molecule has 1 amide bonds. The normalized spacial score (nSPS) is 11.2. The quantitative estimate of drug-likeness (QED) is 0.890. The first-order valence-corrected chi connectivity index (χ1v) is 7.07. The molecule has 1 aromatic heterocycles. The third-order valence-electron chi connectivity index (χ3n) is 2.51. The van der Waals surface area contributed by atoms with E-state index >= 15 is 0 Å². The van der Waals surface area contributed by atoms with Gasteiger partial charge in [-0.3, -0.25) is 9.78 Å². The van der Waals surface area contributed by atoms with Crippen LogP contribution >= 0.6 is 0 Å². The maximum Gasteiger partial charge on any atom is 0.258 e. The zero-order valence-corrected chi connectivity index (χ0v) is 11.2. The molecule has 0 saturated carbocycles. The molecule has 6 nitrogen and oxygen atoms in total. The number of amides is 1. The van der Waals surface area contributed by atoms with Crippen LogP contribution in [0.3, 0.4) is 0 Å². The average molecular weight is 313 g/mol. The number of anilines is 1. The highest BCUT2D eigenvalue weighted by atomic mass is 32.2. The number of hydrogen-bond donors (Lipinski definition) is 2. The zero-order chi connectivity index (χ0) is 15.6. The van der Waals surface area contributed by atoms with Crippen LogP contribution in [-0.2, 0) is 10.0 Å². The number of benzene rings is 1. The Morgan fingerprint density at radius 3 is 2.57 bits per heavy atom. The average Bonchev–Trinajstić information content (AvgIpc) is 2.37. The summed E-state index contributed by atoms with van der Waals surface area (Å²) in [5, 5.41) is 7.08. The SMILES string of the molecule is NS(=O)(=O)c1ccc(F)cc1NC(=O)c1ccncc1F. The van der Waals surface area contributed by atoms with Crippen LogP contribution in [0, 0.1) is 11.6 Å². The van der Waals surface area contributed by atoms with Crippen LogP contribution < -0.4 is 10.5 Å². The molecular formula is C12H9F2N3O3S. The molecule has 0 unspecified atom stereocenters. The summed E-state index contributed by atoms with van der Waals surface area (Å²) in [6.45, 7) is 0. The van der Waals surface area contributed by atoms with E-state index in [1.54, 1.807) is 0 Å². The molecule has 0 saturated heterocycles. The molecule has 0 fully saturated rings. The lowest BCUT2D eigenvalue weighted by molar-refractivity contribution is 0.102. The van der Waals surface area contributed by atoms with E-state index in [2.05, 4.69) is 10.3 Å². The fraction of sp³-hybridized carbons (Fsp3) is 0. The minimum atomic E-state index is -4.18. The number of sulfonamides is 1. The number of carbonyl (C=O) groups is 1. The number of halogens is 2. The Bertz CT molecular complexity index is 809. The smallest absolute Gasteiger partial charge is 0.258 e. The molecule has 9 heteroatoms. The summed E-state index contributed by atoms with van der Waals surface area (Å²) in [7, 11) is -4.18. The first-order chi connectivity index (χ1) is 9.79. The van der Waals surface area contributed by atoms with Gasteiger partial charge in [0.25, 0.3) is 5.91 Å². The topological polar surface area (TPSA) is 102 Å². The van der Waals surface area contributed by atoms with E-state index < -0.39 is 32.5 Å². The van der Waals surface area contributed by atoms with Crippen LogP contribution in [0.5, 0.6) is 0 Å². The van der Waals surface area contributed by atoms with Crippen molar-refractivity contribution in [2.24, 2.45) is 5.14 Å². The monoisotopic (exact) mass is 313 g/mol. The highest BCUT2D eigenvalue weighted by molar-refractivity contribution is 7.89. The van der Waals surface area contributed by atoms with Crippen molar-refractivity contribution in [1.29, 1.82) is 0 Å². The van der Waals surface area contributed by atoms with Crippen LogP contribution in [0.15, 0.2) is 41.6 Å². The Morgan fingerprint density at radius 2 is 1.95 bits per heavy atom. The second-order valence-corrected chi connectivity index (χ2v) is 5.52. The van der Waals surface area contributed by atoms with E-state index in [0.29, 0.717) is 0 Å². The molecule has 0 bridgehead atoms. The standard InChI is InChI=1S/C12H9F2N3O3S/c13-7-1-2-11(21(15,19)20)10(5-7)17-12(18)8-3-4-16-6-9(8)14/h1-6H,(H,17,18)(H2,15,19,20). The Hall–Kier alpha value is -2.39. The van der Waals surface area contributed by atoms with E-state index in [-0.39, 0.29) is 11.3 Å². The second kappa shape index (κ2) is 5.54. The molecule has 1 heterocycles. The number of hydrogen-bond acceptors (Lipinski definition) is 4. The van der Waals surface area contributed by atoms with Crippen molar-refractivity contribution >= 4 is 21.6 Å². The van der Waals surface area contributed by atoms with Gasteiger partial charge in [-0.25, -0.2) is 22.3 Å². The van der Waals surface area contributed by atoms with E-state index in [4.69, 9.17) is 5.14 Å². The molecular weight excluding hydrogens is 304 g/mol. The molecule has 0 aliphatic carbocycles. The highest BCUT2D eigenvalue weighted by Gasteiger charge is 2.18. The summed E-state index contributed by atoms with van der Waals surface area (Å²) >= 11 is 0. The summed E-state index contributed by atoms with van der Waals surface area (Å²) in [6.07, 6.45) is 2.01. The molecule has 0 atom stereocenters. The van der Waals surface area contributed by atoms with Crippen molar-refractivity contribution in [2.45, 2.75) is 4.90 Å². The van der Waals surface area contributed by atoms with Crippen molar-refractivity contribution in [3.05, 3.63) is 53.9 Å². The predicted molar refractivity (Wildman–Crippen MR) is 69.9 cm³/mol. The molecule has 0 spiro atoms. The van der Waals surface area contributed by atoms with E-state index in [1.165, 1.54) is 6.20 Å². The largest absolute Gasteiger partial charge is 0.321 e. The lowest BCUT2D eigenvalue weighted by Gasteiger charge is -2.10. The molecule has 1 aromatic carbocycles. The number of aromatic nitrogens is 1. The molecule has 0 aliphatic heterocycles. The van der Waals surface area contributed by atoms with E-state index in [1.807, 2.05) is 0 Å². The Kier molecular flexibility index (Phi) is 3.96. The van der Waals surface area contributed by atoms with Crippen LogP contribution in [0.4, 0.5) is 14.5 Å². The maximum atomic E-state index is 13.4. The van der Waals surface area contributed by atoms with E-state index in [0.717, 1.165) is 30.5 Å². The minimum Gasteiger partial charge on any atom is -0.321 e. The first kappa shape index (κ1) is 15.0. The Balaban J connectivity index is 2.43. The summed E-state index contributed by atoms with van der Waals surface area (Å²) < 4.78 is 49.4. The number of primary sulfonamides is 1. The van der Waals surface area contributed by atoms with Gasteiger partial charge in [-0.1, -0.05) is 0 Å². The van der Waals surface area contributed by atoms with Gasteiger partial charge >= 0.3 is 0 Å². The number of rotatable bonds is 3. The molecule has 0 radical (unpaired) electrons. The molecule has 3 N–H and O–H groups in total. The van der Waals surface area contributed by atoms with Crippen LogP contribution in [0.1, 0.15) is 10.4 Å². The second-order valence-electron chi connectivity index (χ2n) is 4.00. The van der Waals surface area contributed by atoms with Gasteiger partial charge in [0.05, 0.1) is 17.4 Å². The summed E-state index contributed by atoms with van der Waals surface area (Å²) in [5.74, 6) is -2.64. The summed E-state index contributed by atoms with van der Waals surface area (Å²) in [5.41, 5.74) is -0.742. The van der Waals surface area contributed by atoms with Gasteiger partial charge in [-0.15, -0.1) is 0 Å². The Morgan fingerprint density at radius 1 is 1.24 bits per heavy atom. The summed E-state index contributed by atoms with van der Waals surface area (Å²) in [4.78, 5) is 14.9. The van der Waals surface area contributed by atoms with Crippen LogP contribution in [0.2, 0.25) is 0 Å². The van der Waals surface area contributed by atoms with Gasteiger partial charge < -0.3 is 5.32 Å². The number of nitrogens with zero attached hydrogens (tertiary/aromatic N) is 1. The van der Waals surface area contributed by atoms with Crippen molar-refractivity contribution < 1.29 is 22.0 Å². The lowest BCUT2D eigenvalue weighted by Crippen LogP contribution is -2.19. The maximum absolute atomic E-state index is 13.4. The van der Waals surface area contributed by atoms with Gasteiger partial charge in [-0.05, 0) is 24.3 Å². The third-order valence-corrected chi connectivity index (χ3v) is 3.48. The van der Waals surface area contributed by atoms with Crippen molar-refractivity contribution in [3.8, 4) is 0 Å². The van der Waals surface area contributed by atoms with E-state index in [9.17, 15) is 22.0 Å². The van der Waals surface area contributed by atoms with Gasteiger partial charge in [0, 0.05) is 6.20 Å². The lowest BCUT2D eigenvalue weighted by atomic mass is 10.2. The number of nitrogens with one attached hydrogen (secondary N) is 1. The zero-order valence-electron chi connectivity index (χ0n) is 10.4. The van der Waals surface area contributed by atoms with Gasteiger partial charge in [0.2, 0.25) is 10.0 Å². The van der Waals surface area contributed by atoms with Crippen LogP contribution in [0.25, 0.3) is 0 Å². The molecule has 21 heavy (non-hydrogen) atoms. The third kappa shape index (κ3) is 3.38. The van der Waals surface area contributed by atoms with Crippen molar-refractivity contribution in [1.82, 2.24) is 4.98 Å². The Labute approximate surface area is 118 Å². The molecule has 2 aromatic rings. The summed E-state index contributed by atoms with van der Waals surface area (Å²) in [6, 6.07) is 3.66. The fourth-order valence-corrected chi connectivity index (χ4v) is 2.27. The number of nitrogens with two attached hydrogens (primary N) is 1.